The second-order valence-electron chi connectivity index (χ2n) is 6.58. The molecule has 0 saturated carbocycles. The van der Waals surface area contributed by atoms with Crippen LogP contribution in [0.25, 0.3) is 11.1 Å². The Labute approximate surface area is 169 Å². The molecule has 3 rings (SSSR count). The molecule has 1 amide bonds. The lowest BCUT2D eigenvalue weighted by molar-refractivity contribution is 0.0737. The van der Waals surface area contributed by atoms with E-state index in [0.717, 1.165) is 27.4 Å². The first kappa shape index (κ1) is 20.0. The first-order chi connectivity index (χ1) is 13.5. The fourth-order valence-electron chi connectivity index (χ4n) is 3.05. The Hall–Kier alpha value is -2.70. The molecule has 2 aromatic carbocycles. The molecule has 5 nitrogen and oxygen atoms in total. The fraction of sp³-hybridized carbons (Fsp3) is 0.273. The fourth-order valence-corrected chi connectivity index (χ4v) is 3.84. The Balaban J connectivity index is 1.76. The van der Waals surface area contributed by atoms with E-state index in [1.807, 2.05) is 38.2 Å². The number of aromatic nitrogens is 1. The van der Waals surface area contributed by atoms with Crippen LogP contribution >= 0.6 is 11.3 Å². The van der Waals surface area contributed by atoms with Gasteiger partial charge in [0.1, 0.15) is 11.4 Å². The Kier molecular flexibility index (Phi) is 6.44. The van der Waals surface area contributed by atoms with Crippen LogP contribution in [0.5, 0.6) is 5.75 Å². The Bertz CT molecular complexity index is 937. The maximum Gasteiger partial charge on any atom is 0.273 e. The molecule has 28 heavy (non-hydrogen) atoms. The monoisotopic (exact) mass is 395 g/mol. The van der Waals surface area contributed by atoms with Crippen molar-refractivity contribution in [2.75, 3.05) is 20.7 Å². The van der Waals surface area contributed by atoms with Crippen molar-refractivity contribution in [1.29, 1.82) is 0 Å². The van der Waals surface area contributed by atoms with Gasteiger partial charge in [-0.2, -0.15) is 0 Å². The van der Waals surface area contributed by atoms with Crippen molar-refractivity contribution < 1.29 is 9.53 Å². The lowest BCUT2D eigenvalue weighted by Crippen LogP contribution is -2.30. The highest BCUT2D eigenvalue weighted by Crippen LogP contribution is 2.31. The molecule has 2 N–H and O–H groups in total. The van der Waals surface area contributed by atoms with E-state index in [9.17, 15) is 4.79 Å². The quantitative estimate of drug-likeness (QED) is 0.652. The van der Waals surface area contributed by atoms with E-state index in [0.29, 0.717) is 18.7 Å². The van der Waals surface area contributed by atoms with Crippen molar-refractivity contribution >= 4 is 17.2 Å². The molecule has 0 aliphatic heterocycles. The Morgan fingerprint density at radius 2 is 1.93 bits per heavy atom. The lowest BCUT2D eigenvalue weighted by atomic mass is 10.00. The topological polar surface area (TPSA) is 68.5 Å². The first-order valence-corrected chi connectivity index (χ1v) is 10.1. The van der Waals surface area contributed by atoms with Gasteiger partial charge in [-0.15, -0.1) is 11.3 Å². The van der Waals surface area contributed by atoms with E-state index < -0.39 is 0 Å². The van der Waals surface area contributed by atoms with Crippen LogP contribution in [0, 0.1) is 0 Å². The normalized spacial score (nSPS) is 11.9. The molecule has 1 unspecified atom stereocenters. The van der Waals surface area contributed by atoms with E-state index in [2.05, 4.69) is 29.2 Å². The molecule has 0 bridgehead atoms. The van der Waals surface area contributed by atoms with Crippen LogP contribution in [-0.2, 0) is 6.42 Å². The number of carbonyl (C=O) groups excluding carboxylic acids is 1. The van der Waals surface area contributed by atoms with Crippen LogP contribution in [0.4, 0.5) is 0 Å². The molecular formula is C22H25N3O2S. The third-order valence-electron chi connectivity index (χ3n) is 4.84. The molecule has 0 radical (unpaired) electrons. The third kappa shape index (κ3) is 4.24. The van der Waals surface area contributed by atoms with Gasteiger partial charge in [-0.3, -0.25) is 4.79 Å². The number of nitrogens with two attached hydrogens (primary N) is 1. The Morgan fingerprint density at radius 1 is 1.21 bits per heavy atom. The zero-order valence-corrected chi connectivity index (χ0v) is 17.2. The predicted molar refractivity (Wildman–Crippen MR) is 114 cm³/mol. The number of carbonyl (C=O) groups is 1. The zero-order valence-electron chi connectivity index (χ0n) is 16.4. The van der Waals surface area contributed by atoms with Crippen molar-refractivity contribution in [2.24, 2.45) is 5.73 Å². The average Bonchev–Trinajstić information content (AvgIpc) is 3.21. The maximum atomic E-state index is 12.8. The molecule has 146 valence electrons. The molecule has 1 heterocycles. The largest absolute Gasteiger partial charge is 0.496 e. The number of hydrogen-bond donors (Lipinski definition) is 1. The van der Waals surface area contributed by atoms with Gasteiger partial charge in [-0.05, 0) is 30.7 Å². The summed E-state index contributed by atoms with van der Waals surface area (Å²) in [6, 6.07) is 16.1. The summed E-state index contributed by atoms with van der Waals surface area (Å²) in [5.74, 6) is 0.758. The van der Waals surface area contributed by atoms with Crippen molar-refractivity contribution in [1.82, 2.24) is 9.88 Å². The standard InChI is InChI=1S/C22H25N3O2S/c1-15(25(2)22(26)19-14-28-21(24-19)12-13-23)16-8-10-17(11-9-16)18-6-4-5-7-20(18)27-3/h4-11,14-15H,12-13,23H2,1-3H3. The molecular weight excluding hydrogens is 370 g/mol. The zero-order chi connectivity index (χ0) is 20.1. The van der Waals surface area contributed by atoms with Gasteiger partial charge in [0, 0.05) is 24.4 Å². The lowest BCUT2D eigenvalue weighted by Gasteiger charge is -2.25. The number of thiazole rings is 1. The summed E-state index contributed by atoms with van der Waals surface area (Å²) in [5, 5.41) is 2.70. The smallest absolute Gasteiger partial charge is 0.273 e. The van der Waals surface area contributed by atoms with Crippen LogP contribution < -0.4 is 10.5 Å². The molecule has 0 aliphatic rings. The van der Waals surface area contributed by atoms with E-state index in [1.165, 1.54) is 11.3 Å². The maximum absolute atomic E-state index is 12.8. The van der Waals surface area contributed by atoms with Crippen molar-refractivity contribution in [3.8, 4) is 16.9 Å². The van der Waals surface area contributed by atoms with Gasteiger partial charge < -0.3 is 15.4 Å². The van der Waals surface area contributed by atoms with E-state index in [4.69, 9.17) is 10.5 Å². The number of nitrogens with zero attached hydrogens (tertiary/aromatic N) is 2. The van der Waals surface area contributed by atoms with Gasteiger partial charge in [-0.1, -0.05) is 42.5 Å². The molecule has 0 spiro atoms. The predicted octanol–water partition coefficient (Wildman–Crippen LogP) is 4.15. The molecule has 1 aromatic heterocycles. The average molecular weight is 396 g/mol. The number of ether oxygens (including phenoxy) is 1. The van der Waals surface area contributed by atoms with E-state index in [-0.39, 0.29) is 11.9 Å². The Morgan fingerprint density at radius 3 is 2.61 bits per heavy atom. The highest BCUT2D eigenvalue weighted by atomic mass is 32.1. The van der Waals surface area contributed by atoms with Crippen LogP contribution in [0.15, 0.2) is 53.9 Å². The van der Waals surface area contributed by atoms with Crippen LogP contribution in [0.3, 0.4) is 0 Å². The van der Waals surface area contributed by atoms with Crippen molar-refractivity contribution in [3.63, 3.8) is 0 Å². The van der Waals surface area contributed by atoms with Gasteiger partial charge in [-0.25, -0.2) is 4.98 Å². The van der Waals surface area contributed by atoms with Crippen molar-refractivity contribution in [3.05, 3.63) is 70.2 Å². The molecule has 6 heteroatoms. The minimum atomic E-state index is -0.0826. The van der Waals surface area contributed by atoms with Crippen LogP contribution in [0.2, 0.25) is 0 Å². The summed E-state index contributed by atoms with van der Waals surface area (Å²) in [4.78, 5) is 18.9. The van der Waals surface area contributed by atoms with Gasteiger partial charge in [0.15, 0.2) is 0 Å². The number of para-hydroxylation sites is 1. The SMILES string of the molecule is COc1ccccc1-c1ccc(C(C)N(C)C(=O)c2csc(CCN)n2)cc1. The number of methoxy groups -OCH3 is 1. The summed E-state index contributed by atoms with van der Waals surface area (Å²) in [5.41, 5.74) is 9.23. The number of benzene rings is 2. The molecule has 0 fully saturated rings. The van der Waals surface area contributed by atoms with Gasteiger partial charge in [0.2, 0.25) is 0 Å². The first-order valence-electron chi connectivity index (χ1n) is 9.20. The van der Waals surface area contributed by atoms with Crippen LogP contribution in [-0.4, -0.2) is 36.5 Å². The second-order valence-corrected chi connectivity index (χ2v) is 7.52. The van der Waals surface area contributed by atoms with E-state index >= 15 is 0 Å². The summed E-state index contributed by atoms with van der Waals surface area (Å²) >= 11 is 1.48. The van der Waals surface area contributed by atoms with Gasteiger partial charge in [0.05, 0.1) is 18.2 Å². The summed E-state index contributed by atoms with van der Waals surface area (Å²) in [7, 11) is 3.48. The minimum absolute atomic E-state index is 0.0705. The molecule has 1 atom stereocenters. The van der Waals surface area contributed by atoms with Crippen molar-refractivity contribution in [2.45, 2.75) is 19.4 Å². The highest BCUT2D eigenvalue weighted by Gasteiger charge is 2.21. The third-order valence-corrected chi connectivity index (χ3v) is 5.75. The second kappa shape index (κ2) is 8.99. The summed E-state index contributed by atoms with van der Waals surface area (Å²) in [6.07, 6.45) is 0.696. The van der Waals surface area contributed by atoms with Gasteiger partial charge in [0.25, 0.3) is 5.91 Å². The van der Waals surface area contributed by atoms with E-state index in [1.54, 1.807) is 17.4 Å². The summed E-state index contributed by atoms with van der Waals surface area (Å²) < 4.78 is 5.45. The molecule has 3 aromatic rings. The number of amides is 1. The molecule has 0 saturated heterocycles. The number of rotatable bonds is 7. The molecule has 0 aliphatic carbocycles. The minimum Gasteiger partial charge on any atom is -0.496 e. The van der Waals surface area contributed by atoms with Gasteiger partial charge >= 0.3 is 0 Å². The highest BCUT2D eigenvalue weighted by molar-refractivity contribution is 7.09. The van der Waals surface area contributed by atoms with Crippen LogP contribution in [0.1, 0.15) is 34.0 Å². The number of hydrogen-bond acceptors (Lipinski definition) is 5. The summed E-state index contributed by atoms with van der Waals surface area (Å²) in [6.45, 7) is 2.55.